The van der Waals surface area contributed by atoms with Crippen molar-refractivity contribution in [2.45, 2.75) is 0 Å². The van der Waals surface area contributed by atoms with Crippen molar-refractivity contribution in [1.82, 2.24) is 0 Å². The molecule has 0 aliphatic carbocycles. The number of hydrogen-bond donors (Lipinski definition) is 0. The number of carbonyl (C=O) groups is 1. The standard InChI is InChI=1S/C9H6Cl2O/c10-8-4-7(2-1-3-12)5-9(11)6-8/h1-6H/b2-1+. The molecule has 0 saturated heterocycles. The second kappa shape index (κ2) is 4.29. The first-order chi connectivity index (χ1) is 5.72. The molecule has 1 nitrogen and oxygen atoms in total. The molecule has 0 saturated carbocycles. The van der Waals surface area contributed by atoms with E-state index in [0.717, 1.165) is 5.56 Å². The number of hydrogen-bond acceptors (Lipinski definition) is 1. The van der Waals surface area contributed by atoms with Gasteiger partial charge in [-0.1, -0.05) is 29.3 Å². The summed E-state index contributed by atoms with van der Waals surface area (Å²) in [5.74, 6) is 0. The Morgan fingerprint density at radius 2 is 1.67 bits per heavy atom. The smallest absolute Gasteiger partial charge is 0.142 e. The Bertz CT molecular complexity index is 298. The van der Waals surface area contributed by atoms with Gasteiger partial charge >= 0.3 is 0 Å². The van der Waals surface area contributed by atoms with E-state index in [4.69, 9.17) is 23.2 Å². The maximum absolute atomic E-state index is 10.00. The van der Waals surface area contributed by atoms with Crippen molar-refractivity contribution in [3.05, 3.63) is 39.9 Å². The summed E-state index contributed by atoms with van der Waals surface area (Å²) < 4.78 is 0. The molecule has 0 heterocycles. The third kappa shape index (κ3) is 2.68. The molecule has 3 heteroatoms. The van der Waals surface area contributed by atoms with Crippen molar-refractivity contribution in [2.75, 3.05) is 0 Å². The summed E-state index contributed by atoms with van der Waals surface area (Å²) in [5, 5.41) is 1.13. The third-order valence-corrected chi connectivity index (χ3v) is 1.69. The van der Waals surface area contributed by atoms with Crippen LogP contribution < -0.4 is 0 Å². The van der Waals surface area contributed by atoms with Crippen LogP contribution >= 0.6 is 23.2 Å². The Kier molecular flexibility index (Phi) is 3.32. The Balaban J connectivity index is 3.00. The normalized spacial score (nSPS) is 10.5. The van der Waals surface area contributed by atoms with Crippen LogP contribution in [0.3, 0.4) is 0 Å². The Labute approximate surface area is 80.6 Å². The number of rotatable bonds is 2. The molecule has 0 amide bonds. The fourth-order valence-electron chi connectivity index (χ4n) is 0.822. The SMILES string of the molecule is O=C/C=C/c1cc(Cl)cc(Cl)c1. The molecule has 0 aliphatic rings. The minimum Gasteiger partial charge on any atom is -0.299 e. The molecule has 0 fully saturated rings. The molecule has 0 bridgehead atoms. The van der Waals surface area contributed by atoms with Crippen LogP contribution in [-0.4, -0.2) is 6.29 Å². The highest BCUT2D eigenvalue weighted by molar-refractivity contribution is 6.34. The molecule has 1 aromatic carbocycles. The largest absolute Gasteiger partial charge is 0.299 e. The number of benzene rings is 1. The van der Waals surface area contributed by atoms with Crippen LogP contribution in [-0.2, 0) is 4.79 Å². The van der Waals surface area contributed by atoms with E-state index in [1.165, 1.54) is 6.08 Å². The van der Waals surface area contributed by atoms with Crippen molar-refractivity contribution < 1.29 is 4.79 Å². The predicted octanol–water partition coefficient (Wildman–Crippen LogP) is 3.21. The zero-order chi connectivity index (χ0) is 8.97. The molecule has 62 valence electrons. The van der Waals surface area contributed by atoms with Gasteiger partial charge in [0.15, 0.2) is 0 Å². The molecule has 0 aliphatic heterocycles. The van der Waals surface area contributed by atoms with Gasteiger partial charge in [-0.25, -0.2) is 0 Å². The summed E-state index contributed by atoms with van der Waals surface area (Å²) in [6.45, 7) is 0. The highest BCUT2D eigenvalue weighted by Crippen LogP contribution is 2.19. The Hall–Kier alpha value is -0.790. The van der Waals surface area contributed by atoms with E-state index in [1.807, 2.05) is 0 Å². The van der Waals surface area contributed by atoms with Gasteiger partial charge in [0, 0.05) is 10.0 Å². The number of carbonyl (C=O) groups excluding carboxylic acids is 1. The first-order valence-electron chi connectivity index (χ1n) is 3.30. The Morgan fingerprint density at radius 3 is 2.17 bits per heavy atom. The lowest BCUT2D eigenvalue weighted by molar-refractivity contribution is -0.104. The van der Waals surface area contributed by atoms with Crippen LogP contribution in [0, 0.1) is 0 Å². The minimum absolute atomic E-state index is 0.563. The van der Waals surface area contributed by atoms with E-state index < -0.39 is 0 Å². The first kappa shape index (κ1) is 9.30. The fourth-order valence-corrected chi connectivity index (χ4v) is 1.36. The van der Waals surface area contributed by atoms with Crippen LogP contribution in [0.5, 0.6) is 0 Å². The van der Waals surface area contributed by atoms with Gasteiger partial charge in [-0.3, -0.25) is 4.79 Å². The highest BCUT2D eigenvalue weighted by Gasteiger charge is 1.93. The minimum atomic E-state index is 0.563. The van der Waals surface area contributed by atoms with Crippen molar-refractivity contribution >= 4 is 35.6 Å². The number of halogens is 2. The van der Waals surface area contributed by atoms with Crippen LogP contribution in [0.25, 0.3) is 6.08 Å². The van der Waals surface area contributed by atoms with Gasteiger partial charge in [0.2, 0.25) is 0 Å². The summed E-state index contributed by atoms with van der Waals surface area (Å²) in [6, 6.07) is 5.10. The molecule has 0 radical (unpaired) electrons. The van der Waals surface area contributed by atoms with E-state index >= 15 is 0 Å². The molecule has 1 rings (SSSR count). The van der Waals surface area contributed by atoms with Crippen LogP contribution in [0.15, 0.2) is 24.3 Å². The summed E-state index contributed by atoms with van der Waals surface area (Å²) in [4.78, 5) is 10.00. The summed E-state index contributed by atoms with van der Waals surface area (Å²) >= 11 is 11.4. The average molecular weight is 201 g/mol. The lowest BCUT2D eigenvalue weighted by atomic mass is 10.2. The second-order valence-corrected chi connectivity index (χ2v) is 3.07. The quantitative estimate of drug-likeness (QED) is 0.530. The zero-order valence-corrected chi connectivity index (χ0v) is 7.64. The zero-order valence-electron chi connectivity index (χ0n) is 6.13. The van der Waals surface area contributed by atoms with E-state index in [2.05, 4.69) is 0 Å². The molecule has 0 N–H and O–H groups in total. The fraction of sp³-hybridized carbons (Fsp3) is 0. The molecule has 0 aromatic heterocycles. The topological polar surface area (TPSA) is 17.1 Å². The van der Waals surface area contributed by atoms with Gasteiger partial charge in [-0.15, -0.1) is 0 Å². The molecular weight excluding hydrogens is 195 g/mol. The monoisotopic (exact) mass is 200 g/mol. The Morgan fingerprint density at radius 1 is 1.08 bits per heavy atom. The van der Waals surface area contributed by atoms with E-state index in [1.54, 1.807) is 24.3 Å². The van der Waals surface area contributed by atoms with Crippen LogP contribution in [0.1, 0.15) is 5.56 Å². The van der Waals surface area contributed by atoms with E-state index in [-0.39, 0.29) is 0 Å². The third-order valence-electron chi connectivity index (χ3n) is 1.25. The van der Waals surface area contributed by atoms with Gasteiger partial charge in [0.25, 0.3) is 0 Å². The average Bonchev–Trinajstić information content (AvgIpc) is 1.99. The maximum Gasteiger partial charge on any atom is 0.142 e. The van der Waals surface area contributed by atoms with Gasteiger partial charge in [-0.2, -0.15) is 0 Å². The van der Waals surface area contributed by atoms with E-state index in [0.29, 0.717) is 16.3 Å². The van der Waals surface area contributed by atoms with Gasteiger partial charge < -0.3 is 0 Å². The number of aldehydes is 1. The molecule has 0 unspecified atom stereocenters. The summed E-state index contributed by atoms with van der Waals surface area (Å²) in [5.41, 5.74) is 0.819. The van der Waals surface area contributed by atoms with Gasteiger partial charge in [0.05, 0.1) is 0 Å². The van der Waals surface area contributed by atoms with E-state index in [9.17, 15) is 4.79 Å². The van der Waals surface area contributed by atoms with Crippen LogP contribution in [0.4, 0.5) is 0 Å². The molecule has 1 aromatic rings. The molecule has 12 heavy (non-hydrogen) atoms. The van der Waals surface area contributed by atoms with Crippen molar-refractivity contribution in [2.24, 2.45) is 0 Å². The summed E-state index contributed by atoms with van der Waals surface area (Å²) in [6.07, 6.45) is 3.74. The van der Waals surface area contributed by atoms with Gasteiger partial charge in [0.1, 0.15) is 6.29 Å². The summed E-state index contributed by atoms with van der Waals surface area (Å²) in [7, 11) is 0. The van der Waals surface area contributed by atoms with Crippen molar-refractivity contribution in [3.63, 3.8) is 0 Å². The second-order valence-electron chi connectivity index (χ2n) is 2.20. The molecular formula is C9H6Cl2O. The predicted molar refractivity (Wildman–Crippen MR) is 51.6 cm³/mol. The highest BCUT2D eigenvalue weighted by atomic mass is 35.5. The first-order valence-corrected chi connectivity index (χ1v) is 4.06. The maximum atomic E-state index is 10.00. The van der Waals surface area contributed by atoms with Crippen LogP contribution in [0.2, 0.25) is 10.0 Å². The molecule has 0 atom stereocenters. The lowest BCUT2D eigenvalue weighted by Gasteiger charge is -1.95. The number of allylic oxidation sites excluding steroid dienone is 1. The lowest BCUT2D eigenvalue weighted by Crippen LogP contribution is -1.73. The molecule has 0 spiro atoms. The van der Waals surface area contributed by atoms with Crippen molar-refractivity contribution in [3.8, 4) is 0 Å². The van der Waals surface area contributed by atoms with Gasteiger partial charge in [-0.05, 0) is 29.8 Å². The van der Waals surface area contributed by atoms with Crippen molar-refractivity contribution in [1.29, 1.82) is 0 Å².